The number of nitrogens with zero attached hydrogens (tertiary/aromatic N) is 1. The van der Waals surface area contributed by atoms with Gasteiger partial charge >= 0.3 is 0 Å². The van der Waals surface area contributed by atoms with Crippen LogP contribution in [0.3, 0.4) is 0 Å². The molecule has 0 atom stereocenters. The Hall–Kier alpha value is -0.780. The van der Waals surface area contributed by atoms with Crippen molar-refractivity contribution in [2.24, 2.45) is 5.92 Å². The Labute approximate surface area is 152 Å². The van der Waals surface area contributed by atoms with E-state index < -0.39 is 0 Å². The molecule has 1 heterocycles. The predicted octanol–water partition coefficient (Wildman–Crippen LogP) is 3.48. The first-order chi connectivity index (χ1) is 10.7. The van der Waals surface area contributed by atoms with Gasteiger partial charge in [-0.3, -0.25) is 4.79 Å². The zero-order valence-corrected chi connectivity index (χ0v) is 15.8. The first-order valence-corrected chi connectivity index (χ1v) is 8.83. The number of rotatable bonds is 5. The second kappa shape index (κ2) is 8.36. The van der Waals surface area contributed by atoms with Gasteiger partial charge < -0.3 is 15.0 Å². The Morgan fingerprint density at radius 3 is 2.61 bits per heavy atom. The lowest BCUT2D eigenvalue weighted by Gasteiger charge is -2.33. The number of methoxy groups -OCH3 is 1. The molecule has 1 aromatic carbocycles. The number of likely N-dealkylation sites (tertiary alicyclic amines) is 1. The van der Waals surface area contributed by atoms with Crippen LogP contribution in [0.5, 0.6) is 5.75 Å². The van der Waals surface area contributed by atoms with E-state index in [4.69, 9.17) is 4.74 Å². The van der Waals surface area contributed by atoms with E-state index in [0.717, 1.165) is 42.9 Å². The fourth-order valence-electron chi connectivity index (χ4n) is 2.95. The van der Waals surface area contributed by atoms with Gasteiger partial charge in [-0.05, 0) is 56.3 Å². The van der Waals surface area contributed by atoms with Crippen LogP contribution in [0, 0.1) is 5.92 Å². The van der Waals surface area contributed by atoms with Gasteiger partial charge in [0.05, 0.1) is 12.7 Å². The standard InChI is InChI=1S/C17H23BrN2O2.ClH/c1-22-16-10-13(18)4-5-15(16)17(21)20-8-6-14(7-9-20)19-11-12-2-3-12;/h4-5,10,12,14,19H,2-3,6-9,11H2,1H3;1H. The van der Waals surface area contributed by atoms with Crippen LogP contribution >= 0.6 is 28.3 Å². The van der Waals surface area contributed by atoms with Crippen molar-refractivity contribution < 1.29 is 9.53 Å². The lowest BCUT2D eigenvalue weighted by molar-refractivity contribution is 0.0701. The molecular weight excluding hydrogens is 380 g/mol. The van der Waals surface area contributed by atoms with Crippen molar-refractivity contribution in [2.45, 2.75) is 31.7 Å². The summed E-state index contributed by atoms with van der Waals surface area (Å²) in [4.78, 5) is 14.6. The Morgan fingerprint density at radius 2 is 2.00 bits per heavy atom. The van der Waals surface area contributed by atoms with Gasteiger partial charge in [-0.15, -0.1) is 12.4 Å². The normalized spacial score (nSPS) is 18.4. The van der Waals surface area contributed by atoms with E-state index in [1.165, 1.54) is 12.8 Å². The summed E-state index contributed by atoms with van der Waals surface area (Å²) in [7, 11) is 1.60. The van der Waals surface area contributed by atoms with Crippen LogP contribution in [-0.4, -0.2) is 43.6 Å². The average Bonchev–Trinajstić information content (AvgIpc) is 3.37. The summed E-state index contributed by atoms with van der Waals surface area (Å²) < 4.78 is 6.26. The van der Waals surface area contributed by atoms with Gasteiger partial charge in [-0.25, -0.2) is 0 Å². The number of benzene rings is 1. The Kier molecular flexibility index (Phi) is 6.74. The van der Waals surface area contributed by atoms with E-state index >= 15 is 0 Å². The van der Waals surface area contributed by atoms with Crippen LogP contribution in [-0.2, 0) is 0 Å². The van der Waals surface area contributed by atoms with Crippen molar-refractivity contribution in [1.82, 2.24) is 10.2 Å². The summed E-state index contributed by atoms with van der Waals surface area (Å²) in [5, 5.41) is 3.64. The Morgan fingerprint density at radius 1 is 1.30 bits per heavy atom. The van der Waals surface area contributed by atoms with E-state index in [2.05, 4.69) is 21.2 Å². The Balaban J connectivity index is 0.00000192. The molecule has 1 aromatic rings. The van der Waals surface area contributed by atoms with E-state index in [1.807, 2.05) is 23.1 Å². The minimum absolute atomic E-state index is 0. The summed E-state index contributed by atoms with van der Waals surface area (Å²) in [6, 6.07) is 6.14. The van der Waals surface area contributed by atoms with Gasteiger partial charge in [0.25, 0.3) is 5.91 Å². The number of nitrogens with one attached hydrogen (secondary N) is 1. The third kappa shape index (κ3) is 4.85. The molecule has 1 N–H and O–H groups in total. The molecule has 2 fully saturated rings. The number of ether oxygens (including phenoxy) is 1. The highest BCUT2D eigenvalue weighted by Crippen LogP contribution is 2.28. The predicted molar refractivity (Wildman–Crippen MR) is 97.6 cm³/mol. The largest absolute Gasteiger partial charge is 0.496 e. The topological polar surface area (TPSA) is 41.6 Å². The van der Waals surface area contributed by atoms with Crippen LogP contribution in [0.25, 0.3) is 0 Å². The monoisotopic (exact) mass is 402 g/mol. The highest BCUT2D eigenvalue weighted by Gasteiger charge is 2.27. The smallest absolute Gasteiger partial charge is 0.257 e. The molecule has 0 unspecified atom stereocenters. The maximum absolute atomic E-state index is 12.7. The molecule has 0 aromatic heterocycles. The first kappa shape index (κ1) is 18.6. The van der Waals surface area contributed by atoms with Gasteiger partial charge in [0.15, 0.2) is 0 Å². The molecule has 6 heteroatoms. The molecule has 1 saturated heterocycles. The third-order valence-electron chi connectivity index (χ3n) is 4.57. The quantitative estimate of drug-likeness (QED) is 0.818. The summed E-state index contributed by atoms with van der Waals surface area (Å²) in [5.41, 5.74) is 0.648. The second-order valence-electron chi connectivity index (χ2n) is 6.26. The zero-order valence-electron chi connectivity index (χ0n) is 13.4. The molecule has 4 nitrogen and oxygen atoms in total. The van der Waals surface area contributed by atoms with Gasteiger partial charge in [0.1, 0.15) is 5.75 Å². The number of carbonyl (C=O) groups excluding carboxylic acids is 1. The number of amides is 1. The minimum atomic E-state index is 0. The van der Waals surface area contributed by atoms with E-state index in [0.29, 0.717) is 17.4 Å². The Bertz CT molecular complexity index is 543. The average molecular weight is 404 g/mol. The third-order valence-corrected chi connectivity index (χ3v) is 5.06. The fraction of sp³-hybridized carbons (Fsp3) is 0.588. The highest BCUT2D eigenvalue weighted by atomic mass is 79.9. The van der Waals surface area contributed by atoms with Crippen LogP contribution in [0.1, 0.15) is 36.0 Å². The molecule has 2 aliphatic rings. The molecule has 3 rings (SSSR count). The maximum Gasteiger partial charge on any atom is 0.257 e. The molecule has 0 radical (unpaired) electrons. The van der Waals surface area contributed by atoms with Crippen molar-refractivity contribution in [2.75, 3.05) is 26.7 Å². The lowest BCUT2D eigenvalue weighted by atomic mass is 10.0. The maximum atomic E-state index is 12.7. The molecule has 128 valence electrons. The molecule has 1 aliphatic carbocycles. The van der Waals surface area contributed by atoms with Crippen LogP contribution in [0.4, 0.5) is 0 Å². The van der Waals surface area contributed by atoms with Crippen molar-refractivity contribution in [3.63, 3.8) is 0 Å². The van der Waals surface area contributed by atoms with Crippen LogP contribution in [0.2, 0.25) is 0 Å². The van der Waals surface area contributed by atoms with Crippen molar-refractivity contribution in [3.8, 4) is 5.75 Å². The van der Waals surface area contributed by atoms with Gasteiger partial charge in [0, 0.05) is 23.6 Å². The lowest BCUT2D eigenvalue weighted by Crippen LogP contribution is -2.45. The van der Waals surface area contributed by atoms with Gasteiger partial charge in [0.2, 0.25) is 0 Å². The minimum Gasteiger partial charge on any atom is -0.496 e. The second-order valence-corrected chi connectivity index (χ2v) is 7.18. The number of hydrogen-bond acceptors (Lipinski definition) is 3. The van der Waals surface area contributed by atoms with Crippen LogP contribution in [0.15, 0.2) is 22.7 Å². The summed E-state index contributed by atoms with van der Waals surface area (Å²) in [6.07, 6.45) is 4.84. The van der Waals surface area contributed by atoms with E-state index in [9.17, 15) is 4.79 Å². The molecule has 1 aliphatic heterocycles. The molecular formula is C17H24BrClN2O2. The SMILES string of the molecule is COc1cc(Br)ccc1C(=O)N1CCC(NCC2CC2)CC1.Cl. The number of halogens is 2. The first-order valence-electron chi connectivity index (χ1n) is 8.03. The number of hydrogen-bond donors (Lipinski definition) is 1. The van der Waals surface area contributed by atoms with Gasteiger partial charge in [-0.1, -0.05) is 15.9 Å². The van der Waals surface area contributed by atoms with Crippen molar-refractivity contribution >= 4 is 34.2 Å². The van der Waals surface area contributed by atoms with E-state index in [1.54, 1.807) is 7.11 Å². The molecule has 0 bridgehead atoms. The number of piperidine rings is 1. The summed E-state index contributed by atoms with van der Waals surface area (Å²) >= 11 is 3.41. The summed E-state index contributed by atoms with van der Waals surface area (Å²) in [5.74, 6) is 1.62. The van der Waals surface area contributed by atoms with Crippen LogP contribution < -0.4 is 10.1 Å². The van der Waals surface area contributed by atoms with Gasteiger partial charge in [-0.2, -0.15) is 0 Å². The molecule has 1 saturated carbocycles. The molecule has 0 spiro atoms. The zero-order chi connectivity index (χ0) is 15.5. The fourth-order valence-corrected chi connectivity index (χ4v) is 3.29. The van der Waals surface area contributed by atoms with Crippen molar-refractivity contribution in [3.05, 3.63) is 28.2 Å². The molecule has 23 heavy (non-hydrogen) atoms. The highest BCUT2D eigenvalue weighted by molar-refractivity contribution is 9.10. The summed E-state index contributed by atoms with van der Waals surface area (Å²) in [6.45, 7) is 2.79. The molecule has 1 amide bonds. The number of carbonyl (C=O) groups is 1. The van der Waals surface area contributed by atoms with E-state index in [-0.39, 0.29) is 18.3 Å². The van der Waals surface area contributed by atoms with Crippen molar-refractivity contribution in [1.29, 1.82) is 0 Å².